The summed E-state index contributed by atoms with van der Waals surface area (Å²) in [6.45, 7) is 2.22. The minimum atomic E-state index is -0.848. The lowest BCUT2D eigenvalue weighted by Crippen LogP contribution is -2.08. The Kier molecular flexibility index (Phi) is 3.80. The molecular weight excluding hydrogens is 154 g/mol. The number of hydrogen-bond acceptors (Lipinski definition) is 2. The van der Waals surface area contributed by atoms with Crippen LogP contribution in [0.5, 0.6) is 0 Å². The SMILES string of the molecule is O=C(O)C=CCCC1CCNC1. The Morgan fingerprint density at radius 3 is 3.08 bits per heavy atom. The number of nitrogens with one attached hydrogen (secondary N) is 1. The highest BCUT2D eigenvalue weighted by atomic mass is 16.4. The van der Waals surface area contributed by atoms with Crippen LogP contribution in [-0.4, -0.2) is 24.2 Å². The molecule has 3 nitrogen and oxygen atoms in total. The quantitative estimate of drug-likeness (QED) is 0.618. The van der Waals surface area contributed by atoms with E-state index in [1.54, 1.807) is 6.08 Å². The molecule has 0 saturated carbocycles. The van der Waals surface area contributed by atoms with Crippen molar-refractivity contribution in [3.8, 4) is 0 Å². The second-order valence-corrected chi connectivity index (χ2v) is 3.18. The smallest absolute Gasteiger partial charge is 0.327 e. The lowest BCUT2D eigenvalue weighted by atomic mass is 10.0. The van der Waals surface area contributed by atoms with E-state index in [9.17, 15) is 4.79 Å². The van der Waals surface area contributed by atoms with Crippen molar-refractivity contribution in [3.05, 3.63) is 12.2 Å². The average molecular weight is 169 g/mol. The third-order valence-electron chi connectivity index (χ3n) is 2.16. The van der Waals surface area contributed by atoms with Gasteiger partial charge in [-0.25, -0.2) is 4.79 Å². The van der Waals surface area contributed by atoms with Gasteiger partial charge in [-0.2, -0.15) is 0 Å². The van der Waals surface area contributed by atoms with Gasteiger partial charge in [0.2, 0.25) is 0 Å². The number of carbonyl (C=O) groups is 1. The number of allylic oxidation sites excluding steroid dienone is 1. The molecule has 2 N–H and O–H groups in total. The summed E-state index contributed by atoms with van der Waals surface area (Å²) in [4.78, 5) is 10.1. The first kappa shape index (κ1) is 9.26. The van der Waals surface area contributed by atoms with Crippen molar-refractivity contribution in [2.24, 2.45) is 5.92 Å². The van der Waals surface area contributed by atoms with Crippen LogP contribution in [0.1, 0.15) is 19.3 Å². The fourth-order valence-corrected chi connectivity index (χ4v) is 1.48. The van der Waals surface area contributed by atoms with Crippen molar-refractivity contribution < 1.29 is 9.90 Å². The van der Waals surface area contributed by atoms with Crippen molar-refractivity contribution in [2.45, 2.75) is 19.3 Å². The lowest BCUT2D eigenvalue weighted by Gasteiger charge is -2.03. The topological polar surface area (TPSA) is 49.3 Å². The van der Waals surface area contributed by atoms with Crippen LogP contribution in [0.2, 0.25) is 0 Å². The monoisotopic (exact) mass is 169 g/mol. The van der Waals surface area contributed by atoms with E-state index in [4.69, 9.17) is 5.11 Å². The van der Waals surface area contributed by atoms with Crippen LogP contribution in [0.3, 0.4) is 0 Å². The molecule has 3 heteroatoms. The number of carboxylic acids is 1. The van der Waals surface area contributed by atoms with E-state index < -0.39 is 5.97 Å². The molecule has 0 spiro atoms. The number of hydrogen-bond donors (Lipinski definition) is 2. The molecule has 1 aliphatic rings. The van der Waals surface area contributed by atoms with Crippen LogP contribution >= 0.6 is 0 Å². The van der Waals surface area contributed by atoms with Crippen molar-refractivity contribution in [1.82, 2.24) is 5.32 Å². The Morgan fingerprint density at radius 1 is 1.67 bits per heavy atom. The van der Waals surface area contributed by atoms with Gasteiger partial charge in [0.15, 0.2) is 0 Å². The van der Waals surface area contributed by atoms with E-state index in [2.05, 4.69) is 5.32 Å². The minimum Gasteiger partial charge on any atom is -0.478 e. The van der Waals surface area contributed by atoms with E-state index in [-0.39, 0.29) is 0 Å². The van der Waals surface area contributed by atoms with Gasteiger partial charge in [0.1, 0.15) is 0 Å². The molecule has 1 unspecified atom stereocenters. The number of carboxylic acid groups (broad SMARTS) is 1. The van der Waals surface area contributed by atoms with Gasteiger partial charge in [0.05, 0.1) is 0 Å². The standard InChI is InChI=1S/C9H15NO2/c11-9(12)4-2-1-3-8-5-6-10-7-8/h2,4,8,10H,1,3,5-7H2,(H,11,12). The summed E-state index contributed by atoms with van der Waals surface area (Å²) in [6.07, 6.45) is 6.19. The third-order valence-corrected chi connectivity index (χ3v) is 2.16. The fraction of sp³-hybridized carbons (Fsp3) is 0.667. The molecule has 68 valence electrons. The zero-order valence-corrected chi connectivity index (χ0v) is 7.12. The highest BCUT2D eigenvalue weighted by molar-refractivity contribution is 5.79. The predicted molar refractivity (Wildman–Crippen MR) is 47.0 cm³/mol. The summed E-state index contributed by atoms with van der Waals surface area (Å²) in [5.74, 6) is -0.0945. The fourth-order valence-electron chi connectivity index (χ4n) is 1.48. The summed E-state index contributed by atoms with van der Waals surface area (Å²) in [6, 6.07) is 0. The maximum absolute atomic E-state index is 10.1. The first-order valence-electron chi connectivity index (χ1n) is 4.39. The molecule has 1 atom stereocenters. The van der Waals surface area contributed by atoms with E-state index >= 15 is 0 Å². The normalized spacial score (nSPS) is 23.5. The zero-order chi connectivity index (χ0) is 8.81. The third kappa shape index (κ3) is 3.53. The predicted octanol–water partition coefficient (Wildman–Crippen LogP) is 1.02. The minimum absolute atomic E-state index is 0.753. The summed E-state index contributed by atoms with van der Waals surface area (Å²) < 4.78 is 0. The molecule has 0 amide bonds. The molecule has 0 aliphatic carbocycles. The summed E-state index contributed by atoms with van der Waals surface area (Å²) in [7, 11) is 0. The van der Waals surface area contributed by atoms with E-state index in [0.29, 0.717) is 0 Å². The summed E-state index contributed by atoms with van der Waals surface area (Å²) >= 11 is 0. The van der Waals surface area contributed by atoms with Crippen LogP contribution in [-0.2, 0) is 4.79 Å². The van der Waals surface area contributed by atoms with Crippen molar-refractivity contribution >= 4 is 5.97 Å². The van der Waals surface area contributed by atoms with Crippen LogP contribution in [0.15, 0.2) is 12.2 Å². The molecule has 0 bridgehead atoms. The van der Waals surface area contributed by atoms with Gasteiger partial charge in [0.25, 0.3) is 0 Å². The lowest BCUT2D eigenvalue weighted by molar-refractivity contribution is -0.131. The second-order valence-electron chi connectivity index (χ2n) is 3.18. The first-order chi connectivity index (χ1) is 5.79. The second kappa shape index (κ2) is 4.93. The Hall–Kier alpha value is -0.830. The van der Waals surface area contributed by atoms with Gasteiger partial charge in [0, 0.05) is 6.08 Å². The molecule has 0 aromatic carbocycles. The van der Waals surface area contributed by atoms with Crippen molar-refractivity contribution in [3.63, 3.8) is 0 Å². The Balaban J connectivity index is 2.05. The van der Waals surface area contributed by atoms with Gasteiger partial charge in [-0.3, -0.25) is 0 Å². The highest BCUT2D eigenvalue weighted by Crippen LogP contribution is 2.14. The van der Waals surface area contributed by atoms with Crippen LogP contribution in [0, 0.1) is 5.92 Å². The highest BCUT2D eigenvalue weighted by Gasteiger charge is 2.12. The molecule has 1 aliphatic heterocycles. The Labute approximate surface area is 72.5 Å². The van der Waals surface area contributed by atoms with Crippen LogP contribution in [0.25, 0.3) is 0 Å². The summed E-state index contributed by atoms with van der Waals surface area (Å²) in [5.41, 5.74) is 0. The molecule has 1 heterocycles. The molecule has 0 aromatic rings. The van der Waals surface area contributed by atoms with E-state index in [1.807, 2.05) is 0 Å². The van der Waals surface area contributed by atoms with Gasteiger partial charge in [-0.15, -0.1) is 0 Å². The molecule has 0 aromatic heterocycles. The van der Waals surface area contributed by atoms with Crippen LogP contribution in [0.4, 0.5) is 0 Å². The van der Waals surface area contributed by atoms with E-state index in [1.165, 1.54) is 12.5 Å². The summed E-state index contributed by atoms with van der Waals surface area (Å²) in [5, 5.41) is 11.6. The maximum atomic E-state index is 10.1. The number of rotatable bonds is 4. The molecule has 1 saturated heterocycles. The molecule has 0 radical (unpaired) electrons. The maximum Gasteiger partial charge on any atom is 0.327 e. The zero-order valence-electron chi connectivity index (χ0n) is 7.12. The number of aliphatic carboxylic acids is 1. The molecule has 12 heavy (non-hydrogen) atoms. The van der Waals surface area contributed by atoms with Gasteiger partial charge in [-0.05, 0) is 38.3 Å². The van der Waals surface area contributed by atoms with Crippen LogP contribution < -0.4 is 5.32 Å². The Bertz CT molecular complexity index is 171. The Morgan fingerprint density at radius 2 is 2.50 bits per heavy atom. The molecule has 1 fully saturated rings. The van der Waals surface area contributed by atoms with Gasteiger partial charge in [-0.1, -0.05) is 6.08 Å². The molecule has 1 rings (SSSR count). The average Bonchev–Trinajstić information content (AvgIpc) is 2.49. The van der Waals surface area contributed by atoms with Gasteiger partial charge < -0.3 is 10.4 Å². The molecular formula is C9H15NO2. The van der Waals surface area contributed by atoms with E-state index in [0.717, 1.165) is 31.8 Å². The van der Waals surface area contributed by atoms with Crippen molar-refractivity contribution in [1.29, 1.82) is 0 Å². The van der Waals surface area contributed by atoms with Gasteiger partial charge >= 0.3 is 5.97 Å². The largest absolute Gasteiger partial charge is 0.478 e. The van der Waals surface area contributed by atoms with Crippen molar-refractivity contribution in [2.75, 3.05) is 13.1 Å². The first-order valence-corrected chi connectivity index (χ1v) is 4.39.